The van der Waals surface area contributed by atoms with Crippen LogP contribution < -0.4 is 5.32 Å². The van der Waals surface area contributed by atoms with Crippen molar-refractivity contribution in [2.24, 2.45) is 0 Å². The predicted molar refractivity (Wildman–Crippen MR) is 61.5 cm³/mol. The molecule has 1 N–H and O–H groups in total. The normalized spacial score (nSPS) is 11.1. The van der Waals surface area contributed by atoms with Crippen LogP contribution in [0.25, 0.3) is 0 Å². The Balaban J connectivity index is 2.26. The van der Waals surface area contributed by atoms with Crippen molar-refractivity contribution in [3.63, 3.8) is 0 Å². The molecule has 0 heterocycles. The lowest BCUT2D eigenvalue weighted by atomic mass is 10.1. The van der Waals surface area contributed by atoms with Gasteiger partial charge in [-0.3, -0.25) is 0 Å². The highest BCUT2D eigenvalue weighted by atomic mass is 19.1. The van der Waals surface area contributed by atoms with Crippen LogP contribution in [0, 0.1) is 11.6 Å². The van der Waals surface area contributed by atoms with Gasteiger partial charge >= 0.3 is 0 Å². The third kappa shape index (κ3) is 5.19. The fourth-order valence-corrected chi connectivity index (χ4v) is 1.42. The lowest BCUT2D eigenvalue weighted by molar-refractivity contribution is 0.401. The number of rotatable bonds is 6. The van der Waals surface area contributed by atoms with Crippen LogP contribution in [0.2, 0.25) is 0 Å². The van der Waals surface area contributed by atoms with E-state index in [9.17, 15) is 8.78 Å². The zero-order valence-electron chi connectivity index (χ0n) is 9.76. The molecule has 0 unspecified atom stereocenters. The van der Waals surface area contributed by atoms with Crippen molar-refractivity contribution in [1.82, 2.24) is 10.2 Å². The molecule has 0 bridgehead atoms. The molecule has 0 aliphatic carbocycles. The number of hydrogen-bond donors (Lipinski definition) is 1. The number of benzene rings is 1. The van der Waals surface area contributed by atoms with Crippen molar-refractivity contribution < 1.29 is 8.78 Å². The quantitative estimate of drug-likeness (QED) is 0.745. The molecule has 0 aromatic heterocycles. The average molecular weight is 228 g/mol. The molecule has 0 fully saturated rings. The maximum absolute atomic E-state index is 12.8. The van der Waals surface area contributed by atoms with Crippen LogP contribution in [0.1, 0.15) is 5.56 Å². The van der Waals surface area contributed by atoms with E-state index in [1.807, 2.05) is 14.1 Å². The molecule has 2 nitrogen and oxygen atoms in total. The maximum atomic E-state index is 12.8. The SMILES string of the molecule is CN(C)CCNCCc1cc(F)cc(F)c1. The Kier molecular flexibility index (Phi) is 5.35. The molecule has 1 aromatic carbocycles. The summed E-state index contributed by atoms with van der Waals surface area (Å²) in [5, 5.41) is 3.22. The van der Waals surface area contributed by atoms with Gasteiger partial charge in [-0.2, -0.15) is 0 Å². The summed E-state index contributed by atoms with van der Waals surface area (Å²) >= 11 is 0. The second-order valence-corrected chi connectivity index (χ2v) is 4.08. The molecular formula is C12H18F2N2. The standard InChI is InChI=1S/C12H18F2N2/c1-16(2)6-5-15-4-3-10-7-11(13)9-12(14)8-10/h7-9,15H,3-6H2,1-2H3. The number of nitrogens with one attached hydrogen (secondary N) is 1. The number of nitrogens with zero attached hydrogens (tertiary/aromatic N) is 1. The van der Waals surface area contributed by atoms with Crippen LogP contribution in [0.15, 0.2) is 18.2 Å². The van der Waals surface area contributed by atoms with E-state index in [0.717, 1.165) is 25.7 Å². The fraction of sp³-hybridized carbons (Fsp3) is 0.500. The van der Waals surface area contributed by atoms with E-state index in [1.54, 1.807) is 0 Å². The second kappa shape index (κ2) is 6.55. The first kappa shape index (κ1) is 13.1. The van der Waals surface area contributed by atoms with Crippen molar-refractivity contribution in [3.8, 4) is 0 Å². The Bertz CT molecular complexity index is 307. The van der Waals surface area contributed by atoms with Crippen LogP contribution in [0.4, 0.5) is 8.78 Å². The maximum Gasteiger partial charge on any atom is 0.126 e. The average Bonchev–Trinajstić information content (AvgIpc) is 2.15. The van der Waals surface area contributed by atoms with Gasteiger partial charge in [-0.1, -0.05) is 0 Å². The van der Waals surface area contributed by atoms with E-state index in [2.05, 4.69) is 10.2 Å². The van der Waals surface area contributed by atoms with E-state index < -0.39 is 11.6 Å². The van der Waals surface area contributed by atoms with Gasteiger partial charge in [-0.05, 0) is 44.8 Å². The summed E-state index contributed by atoms with van der Waals surface area (Å²) in [6.07, 6.45) is 0.641. The lowest BCUT2D eigenvalue weighted by Gasteiger charge is -2.10. The monoisotopic (exact) mass is 228 g/mol. The summed E-state index contributed by atoms with van der Waals surface area (Å²) in [5.41, 5.74) is 0.690. The molecule has 0 saturated heterocycles. The third-order valence-corrected chi connectivity index (χ3v) is 2.25. The highest BCUT2D eigenvalue weighted by Crippen LogP contribution is 2.07. The fourth-order valence-electron chi connectivity index (χ4n) is 1.42. The molecule has 0 atom stereocenters. The van der Waals surface area contributed by atoms with Gasteiger partial charge in [0.1, 0.15) is 11.6 Å². The van der Waals surface area contributed by atoms with Gasteiger partial charge in [-0.25, -0.2) is 8.78 Å². The van der Waals surface area contributed by atoms with Crippen molar-refractivity contribution in [2.45, 2.75) is 6.42 Å². The smallest absolute Gasteiger partial charge is 0.126 e. The van der Waals surface area contributed by atoms with Crippen molar-refractivity contribution in [1.29, 1.82) is 0 Å². The zero-order valence-corrected chi connectivity index (χ0v) is 9.76. The van der Waals surface area contributed by atoms with Gasteiger partial charge in [0.25, 0.3) is 0 Å². The topological polar surface area (TPSA) is 15.3 Å². The number of hydrogen-bond acceptors (Lipinski definition) is 2. The van der Waals surface area contributed by atoms with Gasteiger partial charge in [-0.15, -0.1) is 0 Å². The van der Waals surface area contributed by atoms with E-state index in [1.165, 1.54) is 12.1 Å². The second-order valence-electron chi connectivity index (χ2n) is 4.08. The molecule has 16 heavy (non-hydrogen) atoms. The largest absolute Gasteiger partial charge is 0.315 e. The third-order valence-electron chi connectivity index (χ3n) is 2.25. The lowest BCUT2D eigenvalue weighted by Crippen LogP contribution is -2.27. The molecule has 0 radical (unpaired) electrons. The van der Waals surface area contributed by atoms with Gasteiger partial charge in [0.15, 0.2) is 0 Å². The van der Waals surface area contributed by atoms with Crippen LogP contribution in [0.5, 0.6) is 0 Å². The minimum atomic E-state index is -0.511. The summed E-state index contributed by atoms with van der Waals surface area (Å²) in [7, 11) is 4.01. The van der Waals surface area contributed by atoms with Crippen LogP contribution in [-0.4, -0.2) is 38.6 Å². The van der Waals surface area contributed by atoms with Gasteiger partial charge in [0.05, 0.1) is 0 Å². The summed E-state index contributed by atoms with van der Waals surface area (Å²) in [4.78, 5) is 2.08. The van der Waals surface area contributed by atoms with E-state index >= 15 is 0 Å². The molecule has 0 spiro atoms. The van der Waals surface area contributed by atoms with Crippen molar-refractivity contribution in [2.75, 3.05) is 33.7 Å². The molecule has 4 heteroatoms. The van der Waals surface area contributed by atoms with Gasteiger partial charge < -0.3 is 10.2 Å². The summed E-state index contributed by atoms with van der Waals surface area (Å²) in [6, 6.07) is 3.64. The number of likely N-dealkylation sites (N-methyl/N-ethyl adjacent to an activating group) is 1. The predicted octanol–water partition coefficient (Wildman–Crippen LogP) is 1.66. The zero-order chi connectivity index (χ0) is 12.0. The molecule has 0 aliphatic heterocycles. The molecule has 0 aliphatic rings. The van der Waals surface area contributed by atoms with E-state index in [4.69, 9.17) is 0 Å². The minimum absolute atomic E-state index is 0.511. The first-order valence-electron chi connectivity index (χ1n) is 5.38. The Morgan fingerprint density at radius 2 is 1.69 bits per heavy atom. The Morgan fingerprint density at radius 1 is 1.06 bits per heavy atom. The van der Waals surface area contributed by atoms with Crippen LogP contribution in [0.3, 0.4) is 0 Å². The Hall–Kier alpha value is -1.00. The Labute approximate surface area is 95.3 Å². The van der Waals surface area contributed by atoms with Crippen LogP contribution in [-0.2, 0) is 6.42 Å². The first-order chi connectivity index (χ1) is 7.58. The van der Waals surface area contributed by atoms with Gasteiger partial charge in [0.2, 0.25) is 0 Å². The molecule has 0 amide bonds. The molecule has 0 saturated carbocycles. The molecule has 1 aromatic rings. The van der Waals surface area contributed by atoms with Gasteiger partial charge in [0, 0.05) is 19.2 Å². The molecule has 90 valence electrons. The first-order valence-corrected chi connectivity index (χ1v) is 5.38. The summed E-state index contributed by atoms with van der Waals surface area (Å²) in [5.74, 6) is -1.02. The minimum Gasteiger partial charge on any atom is -0.315 e. The summed E-state index contributed by atoms with van der Waals surface area (Å²) in [6.45, 7) is 2.57. The summed E-state index contributed by atoms with van der Waals surface area (Å²) < 4.78 is 25.7. The number of halogens is 2. The van der Waals surface area contributed by atoms with Crippen molar-refractivity contribution >= 4 is 0 Å². The molecular weight excluding hydrogens is 210 g/mol. The van der Waals surface area contributed by atoms with E-state index in [-0.39, 0.29) is 0 Å². The highest BCUT2D eigenvalue weighted by Gasteiger charge is 2.00. The molecule has 1 rings (SSSR count). The van der Waals surface area contributed by atoms with Crippen LogP contribution >= 0.6 is 0 Å². The highest BCUT2D eigenvalue weighted by molar-refractivity contribution is 5.18. The van der Waals surface area contributed by atoms with E-state index in [0.29, 0.717) is 12.0 Å². The Morgan fingerprint density at radius 3 is 2.25 bits per heavy atom. The van der Waals surface area contributed by atoms with Crippen molar-refractivity contribution in [3.05, 3.63) is 35.4 Å².